The van der Waals surface area contributed by atoms with Gasteiger partial charge in [-0.1, -0.05) is 17.8 Å². The van der Waals surface area contributed by atoms with Crippen LogP contribution in [0.25, 0.3) is 0 Å². The molecule has 0 aliphatic carbocycles. The van der Waals surface area contributed by atoms with Crippen LogP contribution in [0.4, 0.5) is 0 Å². The first-order valence-electron chi connectivity index (χ1n) is 4.53. The second kappa shape index (κ2) is 5.26. The predicted molar refractivity (Wildman–Crippen MR) is 59.4 cm³/mol. The molecule has 0 atom stereocenters. The van der Waals surface area contributed by atoms with Crippen LogP contribution in [0.1, 0.15) is 0 Å². The molecule has 0 unspecified atom stereocenters. The quantitative estimate of drug-likeness (QED) is 0.783. The highest BCUT2D eigenvalue weighted by atomic mass is 32.2. The van der Waals surface area contributed by atoms with Crippen molar-refractivity contribution in [1.29, 1.82) is 0 Å². The van der Waals surface area contributed by atoms with E-state index >= 15 is 0 Å². The average molecular weight is 235 g/mol. The van der Waals surface area contributed by atoms with Gasteiger partial charge in [0.15, 0.2) is 0 Å². The summed E-state index contributed by atoms with van der Waals surface area (Å²) in [6.45, 7) is 0. The van der Waals surface area contributed by atoms with Gasteiger partial charge in [0.25, 0.3) is 0 Å². The number of nitrogens with zero attached hydrogens (tertiary/aromatic N) is 4. The third kappa shape index (κ3) is 3.06. The standard InChI is InChI=1S/C9H9N5OS/c15-8(13-14-6-11-12-7-14)5-16-9-3-1-2-4-10-9/h1-4,6-7H,5H2,(H,13,15). The number of nitrogens with one attached hydrogen (secondary N) is 1. The molecule has 0 spiro atoms. The third-order valence-corrected chi connectivity index (χ3v) is 2.61. The number of thioether (sulfide) groups is 1. The van der Waals surface area contributed by atoms with Crippen LogP contribution in [-0.4, -0.2) is 31.5 Å². The maximum absolute atomic E-state index is 11.4. The third-order valence-electron chi connectivity index (χ3n) is 1.66. The largest absolute Gasteiger partial charge is 0.272 e. The Hall–Kier alpha value is -1.89. The van der Waals surface area contributed by atoms with Crippen LogP contribution in [0.15, 0.2) is 42.1 Å². The van der Waals surface area contributed by atoms with Gasteiger partial charge in [-0.3, -0.25) is 10.2 Å². The highest BCUT2D eigenvalue weighted by Gasteiger charge is 2.03. The van der Waals surface area contributed by atoms with Gasteiger partial charge < -0.3 is 0 Å². The number of carbonyl (C=O) groups is 1. The van der Waals surface area contributed by atoms with Crippen LogP contribution < -0.4 is 5.43 Å². The number of amides is 1. The van der Waals surface area contributed by atoms with Gasteiger partial charge in [-0.05, 0) is 12.1 Å². The van der Waals surface area contributed by atoms with Gasteiger partial charge in [-0.2, -0.15) is 0 Å². The second-order valence-electron chi connectivity index (χ2n) is 2.86. The first-order valence-corrected chi connectivity index (χ1v) is 5.51. The molecule has 2 rings (SSSR count). The molecule has 7 heteroatoms. The Bertz CT molecular complexity index is 444. The Kier molecular flexibility index (Phi) is 3.50. The summed E-state index contributed by atoms with van der Waals surface area (Å²) < 4.78 is 1.40. The normalized spacial score (nSPS) is 10.0. The molecule has 1 N–H and O–H groups in total. The minimum Gasteiger partial charge on any atom is -0.272 e. The monoisotopic (exact) mass is 235 g/mol. The van der Waals surface area contributed by atoms with Crippen LogP contribution in [0, 0.1) is 0 Å². The summed E-state index contributed by atoms with van der Waals surface area (Å²) >= 11 is 1.37. The Morgan fingerprint density at radius 1 is 1.38 bits per heavy atom. The zero-order chi connectivity index (χ0) is 11.2. The van der Waals surface area contributed by atoms with Crippen molar-refractivity contribution in [1.82, 2.24) is 19.9 Å². The Morgan fingerprint density at radius 3 is 2.88 bits per heavy atom. The summed E-state index contributed by atoms with van der Waals surface area (Å²) in [6, 6.07) is 5.57. The fraction of sp³-hybridized carbons (Fsp3) is 0.111. The molecule has 1 amide bonds. The van der Waals surface area contributed by atoms with E-state index in [4.69, 9.17) is 0 Å². The topological polar surface area (TPSA) is 72.7 Å². The van der Waals surface area contributed by atoms with Gasteiger partial charge in [-0.25, -0.2) is 9.66 Å². The molecule has 0 radical (unpaired) electrons. The first kappa shape index (κ1) is 10.6. The molecule has 2 aromatic heterocycles. The lowest BCUT2D eigenvalue weighted by Crippen LogP contribution is -2.23. The van der Waals surface area contributed by atoms with Crippen molar-refractivity contribution in [3.63, 3.8) is 0 Å². The first-order chi connectivity index (χ1) is 7.84. The molecular formula is C9H9N5OS. The van der Waals surface area contributed by atoms with Crippen LogP contribution in [0.3, 0.4) is 0 Å². The van der Waals surface area contributed by atoms with Gasteiger partial charge in [-0.15, -0.1) is 10.2 Å². The lowest BCUT2D eigenvalue weighted by molar-refractivity contribution is -0.114. The Morgan fingerprint density at radius 2 is 2.19 bits per heavy atom. The summed E-state index contributed by atoms with van der Waals surface area (Å²) in [5.41, 5.74) is 2.60. The smallest absolute Gasteiger partial charge is 0.249 e. The Labute approximate surface area is 96.1 Å². The van der Waals surface area contributed by atoms with Crippen molar-refractivity contribution in [2.45, 2.75) is 5.03 Å². The summed E-state index contributed by atoms with van der Waals surface area (Å²) in [7, 11) is 0. The van der Waals surface area contributed by atoms with Gasteiger partial charge in [0, 0.05) is 6.20 Å². The van der Waals surface area contributed by atoms with E-state index in [-0.39, 0.29) is 5.91 Å². The number of hydrogen-bond acceptors (Lipinski definition) is 5. The van der Waals surface area contributed by atoms with Crippen molar-refractivity contribution in [2.75, 3.05) is 11.2 Å². The number of carbonyl (C=O) groups excluding carboxylic acids is 1. The van der Waals surface area contributed by atoms with E-state index in [0.717, 1.165) is 5.03 Å². The molecule has 2 heterocycles. The molecule has 0 aliphatic heterocycles. The van der Waals surface area contributed by atoms with Crippen LogP contribution >= 0.6 is 11.8 Å². The number of rotatable bonds is 4. The van der Waals surface area contributed by atoms with Crippen LogP contribution in [0.2, 0.25) is 0 Å². The van der Waals surface area contributed by atoms with Crippen LogP contribution in [-0.2, 0) is 4.79 Å². The second-order valence-corrected chi connectivity index (χ2v) is 3.86. The molecule has 0 saturated carbocycles. The predicted octanol–water partition coefficient (Wildman–Crippen LogP) is 0.536. The van der Waals surface area contributed by atoms with Crippen LogP contribution in [0.5, 0.6) is 0 Å². The molecule has 0 saturated heterocycles. The molecule has 0 bridgehead atoms. The Balaban J connectivity index is 1.80. The van der Waals surface area contributed by atoms with Gasteiger partial charge in [0.2, 0.25) is 5.91 Å². The summed E-state index contributed by atoms with van der Waals surface area (Å²) in [5, 5.41) is 7.97. The van der Waals surface area contributed by atoms with E-state index in [1.807, 2.05) is 18.2 Å². The maximum atomic E-state index is 11.4. The zero-order valence-corrected chi connectivity index (χ0v) is 9.09. The molecule has 0 aromatic carbocycles. The molecule has 2 aromatic rings. The number of pyridine rings is 1. The summed E-state index contributed by atoms with van der Waals surface area (Å²) in [6.07, 6.45) is 4.53. The van der Waals surface area contributed by atoms with Gasteiger partial charge >= 0.3 is 0 Å². The number of aromatic nitrogens is 4. The van der Waals surface area contributed by atoms with Crippen molar-refractivity contribution in [2.24, 2.45) is 0 Å². The van der Waals surface area contributed by atoms with E-state index in [1.165, 1.54) is 29.1 Å². The average Bonchev–Trinajstić information content (AvgIpc) is 2.81. The zero-order valence-electron chi connectivity index (χ0n) is 8.28. The molecule has 0 aliphatic rings. The van der Waals surface area contributed by atoms with E-state index in [0.29, 0.717) is 5.75 Å². The lowest BCUT2D eigenvalue weighted by Gasteiger charge is -2.03. The van der Waals surface area contributed by atoms with E-state index in [1.54, 1.807) is 6.20 Å². The van der Waals surface area contributed by atoms with Crippen molar-refractivity contribution >= 4 is 17.7 Å². The fourth-order valence-corrected chi connectivity index (χ4v) is 1.66. The lowest BCUT2D eigenvalue weighted by atomic mass is 10.5. The van der Waals surface area contributed by atoms with Gasteiger partial charge in [0.1, 0.15) is 12.7 Å². The maximum Gasteiger partial charge on any atom is 0.249 e. The fourth-order valence-electron chi connectivity index (χ4n) is 1.01. The van der Waals surface area contributed by atoms with E-state index in [2.05, 4.69) is 20.6 Å². The SMILES string of the molecule is O=C(CSc1ccccn1)Nn1cnnc1. The van der Waals surface area contributed by atoms with Crippen molar-refractivity contribution in [3.8, 4) is 0 Å². The van der Waals surface area contributed by atoms with E-state index in [9.17, 15) is 4.79 Å². The molecule has 0 fully saturated rings. The molecular weight excluding hydrogens is 226 g/mol. The van der Waals surface area contributed by atoms with Gasteiger partial charge in [0.05, 0.1) is 10.8 Å². The molecule has 16 heavy (non-hydrogen) atoms. The van der Waals surface area contributed by atoms with Crippen molar-refractivity contribution in [3.05, 3.63) is 37.1 Å². The minimum atomic E-state index is -0.129. The summed E-state index contributed by atoms with van der Waals surface area (Å²) in [4.78, 5) is 15.5. The van der Waals surface area contributed by atoms with Crippen molar-refractivity contribution < 1.29 is 4.79 Å². The highest BCUT2D eigenvalue weighted by Crippen LogP contribution is 2.12. The van der Waals surface area contributed by atoms with E-state index < -0.39 is 0 Å². The summed E-state index contributed by atoms with van der Waals surface area (Å²) in [5.74, 6) is 0.172. The minimum absolute atomic E-state index is 0.129. The number of hydrogen-bond donors (Lipinski definition) is 1. The molecule has 6 nitrogen and oxygen atoms in total. The highest BCUT2D eigenvalue weighted by molar-refractivity contribution is 7.99. The molecule has 82 valence electrons.